The average Bonchev–Trinajstić information content (AvgIpc) is 3.03. The maximum atomic E-state index is 4.14. The van der Waals surface area contributed by atoms with Crippen LogP contribution < -0.4 is 5.32 Å². The zero-order valence-corrected chi connectivity index (χ0v) is 12.5. The molecule has 1 aliphatic rings. The van der Waals surface area contributed by atoms with Gasteiger partial charge < -0.3 is 5.32 Å². The highest BCUT2D eigenvalue weighted by Crippen LogP contribution is 2.21. The van der Waals surface area contributed by atoms with Crippen molar-refractivity contribution >= 4 is 11.8 Å². The molecule has 0 amide bonds. The van der Waals surface area contributed by atoms with E-state index in [-0.39, 0.29) is 0 Å². The van der Waals surface area contributed by atoms with Crippen molar-refractivity contribution in [3.05, 3.63) is 42.5 Å². The van der Waals surface area contributed by atoms with Crippen molar-refractivity contribution < 1.29 is 0 Å². The molecule has 0 unspecified atom stereocenters. The summed E-state index contributed by atoms with van der Waals surface area (Å²) >= 11 is 2.07. The molecule has 1 aromatic carbocycles. The van der Waals surface area contributed by atoms with Crippen LogP contribution in [0.1, 0.15) is 31.4 Å². The van der Waals surface area contributed by atoms with Crippen molar-refractivity contribution in [2.24, 2.45) is 0 Å². The minimum Gasteiger partial charge on any atom is -0.307 e. The number of rotatable bonds is 4. The molecule has 106 valence electrons. The Morgan fingerprint density at radius 1 is 1.25 bits per heavy atom. The number of benzene rings is 1. The lowest BCUT2D eigenvalue weighted by Crippen LogP contribution is -2.34. The van der Waals surface area contributed by atoms with E-state index in [9.17, 15) is 0 Å². The van der Waals surface area contributed by atoms with Crippen LogP contribution in [0.3, 0.4) is 0 Å². The van der Waals surface area contributed by atoms with E-state index < -0.39 is 0 Å². The summed E-state index contributed by atoms with van der Waals surface area (Å²) < 4.78 is 1.78. The molecular weight excluding hydrogens is 268 g/mol. The van der Waals surface area contributed by atoms with Crippen molar-refractivity contribution in [2.45, 2.75) is 31.8 Å². The molecule has 0 aliphatic carbocycles. The van der Waals surface area contributed by atoms with E-state index in [1.54, 1.807) is 17.3 Å². The Bertz CT molecular complexity index is 517. The van der Waals surface area contributed by atoms with Crippen LogP contribution in [0.15, 0.2) is 36.9 Å². The van der Waals surface area contributed by atoms with Gasteiger partial charge in [-0.2, -0.15) is 16.9 Å². The maximum absolute atomic E-state index is 4.14. The maximum Gasteiger partial charge on any atom is 0.138 e. The second-order valence-electron chi connectivity index (χ2n) is 5.21. The Morgan fingerprint density at radius 3 is 2.65 bits per heavy atom. The van der Waals surface area contributed by atoms with Crippen LogP contribution in [0.2, 0.25) is 0 Å². The third kappa shape index (κ3) is 3.22. The van der Waals surface area contributed by atoms with Crippen molar-refractivity contribution in [1.82, 2.24) is 20.1 Å². The molecule has 0 bridgehead atoms. The fourth-order valence-corrected chi connectivity index (χ4v) is 3.68. The number of nitrogens with zero attached hydrogens (tertiary/aromatic N) is 3. The molecule has 5 heteroatoms. The Hall–Kier alpha value is -1.33. The summed E-state index contributed by atoms with van der Waals surface area (Å²) in [6.45, 7) is 2.24. The van der Waals surface area contributed by atoms with Crippen LogP contribution in [0.5, 0.6) is 0 Å². The predicted molar refractivity (Wildman–Crippen MR) is 83.3 cm³/mol. The lowest BCUT2D eigenvalue weighted by atomic mass is 10.0. The topological polar surface area (TPSA) is 42.7 Å². The zero-order chi connectivity index (χ0) is 13.8. The van der Waals surface area contributed by atoms with Crippen LogP contribution >= 0.6 is 11.8 Å². The van der Waals surface area contributed by atoms with Gasteiger partial charge in [0.25, 0.3) is 0 Å². The van der Waals surface area contributed by atoms with Crippen LogP contribution in [0.4, 0.5) is 0 Å². The smallest absolute Gasteiger partial charge is 0.138 e. The van der Waals surface area contributed by atoms with Gasteiger partial charge in [-0.15, -0.1) is 0 Å². The van der Waals surface area contributed by atoms with Gasteiger partial charge in [0.1, 0.15) is 12.7 Å². The molecule has 1 atom stereocenters. The first-order valence-corrected chi connectivity index (χ1v) is 8.27. The van der Waals surface area contributed by atoms with Gasteiger partial charge in [-0.1, -0.05) is 12.1 Å². The molecular formula is C15H20N4S. The fourth-order valence-electron chi connectivity index (χ4n) is 2.57. The molecule has 2 heterocycles. The second kappa shape index (κ2) is 6.41. The predicted octanol–water partition coefficient (Wildman–Crippen LogP) is 2.81. The molecule has 1 saturated heterocycles. The SMILES string of the molecule is C[C@H](NC1CCSCC1)c1ccc(-n2cncn2)cc1. The number of nitrogens with one attached hydrogen (secondary N) is 1. The first-order valence-electron chi connectivity index (χ1n) is 7.11. The normalized spacial score (nSPS) is 18.1. The van der Waals surface area contributed by atoms with Crippen molar-refractivity contribution in [3.63, 3.8) is 0 Å². The Balaban J connectivity index is 1.64. The lowest BCUT2D eigenvalue weighted by molar-refractivity contribution is 0.431. The first-order chi connectivity index (χ1) is 9.83. The van der Waals surface area contributed by atoms with Gasteiger partial charge in [0.2, 0.25) is 0 Å². The molecule has 0 radical (unpaired) electrons. The average molecular weight is 288 g/mol. The fraction of sp³-hybridized carbons (Fsp3) is 0.467. The van der Waals surface area contributed by atoms with E-state index in [0.717, 1.165) is 5.69 Å². The Kier molecular flexibility index (Phi) is 4.38. The minimum absolute atomic E-state index is 0.396. The van der Waals surface area contributed by atoms with Gasteiger partial charge in [0.05, 0.1) is 5.69 Å². The quantitative estimate of drug-likeness (QED) is 0.939. The summed E-state index contributed by atoms with van der Waals surface area (Å²) in [4.78, 5) is 3.97. The molecule has 1 N–H and O–H groups in total. The van der Waals surface area contributed by atoms with E-state index in [1.165, 1.54) is 29.9 Å². The summed E-state index contributed by atoms with van der Waals surface area (Å²) in [6.07, 6.45) is 5.84. The highest BCUT2D eigenvalue weighted by molar-refractivity contribution is 7.99. The highest BCUT2D eigenvalue weighted by Gasteiger charge is 2.16. The third-order valence-electron chi connectivity index (χ3n) is 3.78. The number of hydrogen-bond donors (Lipinski definition) is 1. The number of thioether (sulfide) groups is 1. The van der Waals surface area contributed by atoms with Crippen molar-refractivity contribution in [3.8, 4) is 5.69 Å². The largest absolute Gasteiger partial charge is 0.307 e. The molecule has 0 saturated carbocycles. The van der Waals surface area contributed by atoms with Crippen molar-refractivity contribution in [1.29, 1.82) is 0 Å². The van der Waals surface area contributed by atoms with Gasteiger partial charge in [-0.3, -0.25) is 0 Å². The summed E-state index contributed by atoms with van der Waals surface area (Å²) in [7, 11) is 0. The second-order valence-corrected chi connectivity index (χ2v) is 6.43. The Morgan fingerprint density at radius 2 is 2.00 bits per heavy atom. The lowest BCUT2D eigenvalue weighted by Gasteiger charge is -2.26. The van der Waals surface area contributed by atoms with E-state index in [4.69, 9.17) is 0 Å². The van der Waals surface area contributed by atoms with E-state index in [1.807, 2.05) is 0 Å². The summed E-state index contributed by atoms with van der Waals surface area (Å²) in [5.41, 5.74) is 2.37. The van der Waals surface area contributed by atoms with Crippen molar-refractivity contribution in [2.75, 3.05) is 11.5 Å². The molecule has 1 aromatic heterocycles. The summed E-state index contributed by atoms with van der Waals surface area (Å²) in [5, 5.41) is 7.88. The van der Waals surface area contributed by atoms with Crippen LogP contribution in [0.25, 0.3) is 5.69 Å². The van der Waals surface area contributed by atoms with E-state index in [2.05, 4.69) is 58.4 Å². The summed E-state index contributed by atoms with van der Waals surface area (Å²) in [6, 6.07) is 9.60. The van der Waals surface area contributed by atoms with Gasteiger partial charge in [-0.25, -0.2) is 9.67 Å². The molecule has 20 heavy (non-hydrogen) atoms. The van der Waals surface area contributed by atoms with Gasteiger partial charge >= 0.3 is 0 Å². The number of hydrogen-bond acceptors (Lipinski definition) is 4. The zero-order valence-electron chi connectivity index (χ0n) is 11.7. The van der Waals surface area contributed by atoms with Crippen LogP contribution in [0, 0.1) is 0 Å². The van der Waals surface area contributed by atoms with Gasteiger partial charge in [-0.05, 0) is 49.0 Å². The van der Waals surface area contributed by atoms with E-state index in [0.29, 0.717) is 12.1 Å². The minimum atomic E-state index is 0.396. The van der Waals surface area contributed by atoms with E-state index >= 15 is 0 Å². The van der Waals surface area contributed by atoms with Crippen LogP contribution in [-0.4, -0.2) is 32.3 Å². The van der Waals surface area contributed by atoms with Crippen LogP contribution in [-0.2, 0) is 0 Å². The molecule has 0 spiro atoms. The molecule has 1 fully saturated rings. The highest BCUT2D eigenvalue weighted by atomic mass is 32.2. The van der Waals surface area contributed by atoms with Gasteiger partial charge in [0.15, 0.2) is 0 Å². The Labute approximate surface area is 124 Å². The summed E-state index contributed by atoms with van der Waals surface area (Å²) in [5.74, 6) is 2.57. The molecule has 1 aliphatic heterocycles. The first kappa shape index (κ1) is 13.6. The monoisotopic (exact) mass is 288 g/mol. The number of aromatic nitrogens is 3. The molecule has 4 nitrogen and oxygen atoms in total. The third-order valence-corrected chi connectivity index (χ3v) is 4.83. The molecule has 3 rings (SSSR count). The van der Waals surface area contributed by atoms with Gasteiger partial charge in [0, 0.05) is 12.1 Å². The molecule has 2 aromatic rings. The standard InChI is InChI=1S/C15H20N4S/c1-12(18-14-6-8-20-9-7-14)13-2-4-15(5-3-13)19-11-16-10-17-19/h2-5,10-12,14,18H,6-9H2,1H3/t12-/m0/s1.